The molecule has 1 aliphatic carbocycles. The molecule has 9 aromatic carbocycles. The van der Waals surface area contributed by atoms with Crippen molar-refractivity contribution in [3.05, 3.63) is 222 Å². The van der Waals surface area contributed by atoms with E-state index in [-0.39, 0.29) is 0 Å². The average molecular weight is 706 g/mol. The molecular weight excluding hydrogens is 667 g/mol. The average Bonchev–Trinajstić information content (AvgIpc) is 3.55. The van der Waals surface area contributed by atoms with Crippen molar-refractivity contribution in [1.82, 2.24) is 0 Å². The van der Waals surface area contributed by atoms with E-state index in [0.29, 0.717) is 0 Å². The van der Waals surface area contributed by atoms with Gasteiger partial charge in [-0.05, 0) is 103 Å². The molecule has 0 atom stereocenters. The Hall–Kier alpha value is -6.90. The normalized spacial score (nSPS) is 12.8. The highest BCUT2D eigenvalue weighted by Crippen LogP contribution is 2.62. The molecule has 0 bridgehead atoms. The molecule has 0 saturated carbocycles. The van der Waals surface area contributed by atoms with Crippen LogP contribution in [0.25, 0.3) is 43.8 Å². The van der Waals surface area contributed by atoms with Gasteiger partial charge in [0.2, 0.25) is 0 Å². The van der Waals surface area contributed by atoms with Crippen LogP contribution in [-0.2, 0) is 5.41 Å². The van der Waals surface area contributed by atoms with Gasteiger partial charge in [0.05, 0.1) is 5.41 Å². The molecule has 2 heteroatoms. The fraction of sp³-hybridized carbons (Fsp3) is 0.0566. The summed E-state index contributed by atoms with van der Waals surface area (Å²) >= 11 is 0. The SMILES string of the molecule is CC.c1ccc(-c2ccc(N(c3ccc4c(c3)C3(c5ccccc5Oc5ccccc53)c3ccccc3-4)c3ccc4c(ccc5ccccc54)c3)cc2)cc1. The molecule has 0 radical (unpaired) electrons. The molecule has 0 saturated heterocycles. The van der Waals surface area contributed by atoms with Gasteiger partial charge in [-0.25, -0.2) is 0 Å². The Morgan fingerprint density at radius 3 is 1.65 bits per heavy atom. The molecular formula is C53H39NO. The number of nitrogens with zero attached hydrogens (tertiary/aromatic N) is 1. The van der Waals surface area contributed by atoms with Crippen molar-refractivity contribution in [3.63, 3.8) is 0 Å². The van der Waals surface area contributed by atoms with Gasteiger partial charge in [-0.2, -0.15) is 0 Å². The third kappa shape index (κ3) is 5.02. The Labute approximate surface area is 322 Å². The highest BCUT2D eigenvalue weighted by Gasteiger charge is 2.51. The summed E-state index contributed by atoms with van der Waals surface area (Å²) in [7, 11) is 0. The molecule has 2 aliphatic rings. The largest absolute Gasteiger partial charge is 0.457 e. The van der Waals surface area contributed by atoms with E-state index in [9.17, 15) is 0 Å². The Morgan fingerprint density at radius 2 is 0.891 bits per heavy atom. The highest BCUT2D eigenvalue weighted by atomic mass is 16.5. The van der Waals surface area contributed by atoms with E-state index >= 15 is 0 Å². The first-order chi connectivity index (χ1) is 27.3. The molecule has 0 amide bonds. The lowest BCUT2D eigenvalue weighted by Crippen LogP contribution is -2.32. The van der Waals surface area contributed by atoms with Crippen LogP contribution in [0, 0.1) is 0 Å². The molecule has 11 rings (SSSR count). The van der Waals surface area contributed by atoms with Crippen LogP contribution in [0.2, 0.25) is 0 Å². The minimum atomic E-state index is -0.543. The van der Waals surface area contributed by atoms with Crippen LogP contribution >= 0.6 is 0 Å². The lowest BCUT2D eigenvalue weighted by molar-refractivity contribution is 0.436. The number of hydrogen-bond acceptors (Lipinski definition) is 2. The van der Waals surface area contributed by atoms with E-state index in [2.05, 4.69) is 205 Å². The third-order valence-electron chi connectivity index (χ3n) is 11.3. The van der Waals surface area contributed by atoms with Gasteiger partial charge in [0.15, 0.2) is 0 Å². The standard InChI is InChI=1S/C51H33NO.C2H6/c1-2-12-34(13-3-1)35-24-26-38(27-25-35)52(39-28-30-42-37(32-39)23-22-36-14-4-5-15-41(36)42)40-29-31-44-43-16-6-7-17-45(43)51(48(44)33-40)46-18-8-10-20-49(46)53-50-21-11-9-19-47(50)51;1-2/h1-33H;1-2H3. The summed E-state index contributed by atoms with van der Waals surface area (Å²) in [5.74, 6) is 1.80. The summed E-state index contributed by atoms with van der Waals surface area (Å²) in [6, 6.07) is 72.7. The summed E-state index contributed by atoms with van der Waals surface area (Å²) in [4.78, 5) is 2.41. The maximum absolute atomic E-state index is 6.62. The highest BCUT2D eigenvalue weighted by molar-refractivity contribution is 6.08. The molecule has 9 aromatic rings. The quantitative estimate of drug-likeness (QED) is 0.169. The van der Waals surface area contributed by atoms with Gasteiger partial charge in [-0.15, -0.1) is 0 Å². The van der Waals surface area contributed by atoms with E-state index in [1.54, 1.807) is 0 Å². The third-order valence-corrected chi connectivity index (χ3v) is 11.3. The van der Waals surface area contributed by atoms with Crippen LogP contribution in [0.5, 0.6) is 11.5 Å². The summed E-state index contributed by atoms with van der Waals surface area (Å²) in [6.45, 7) is 4.00. The first kappa shape index (κ1) is 32.7. The Kier molecular flexibility index (Phi) is 7.85. The second-order valence-corrected chi connectivity index (χ2v) is 14.1. The van der Waals surface area contributed by atoms with Crippen molar-refractivity contribution < 1.29 is 4.74 Å². The molecule has 2 nitrogen and oxygen atoms in total. The Morgan fingerprint density at radius 1 is 0.364 bits per heavy atom. The molecule has 262 valence electrons. The molecule has 0 fully saturated rings. The number of anilines is 3. The van der Waals surface area contributed by atoms with Crippen molar-refractivity contribution in [2.75, 3.05) is 4.90 Å². The summed E-state index contributed by atoms with van der Waals surface area (Å²) in [5.41, 5.74) is 12.6. The molecule has 55 heavy (non-hydrogen) atoms. The minimum Gasteiger partial charge on any atom is -0.457 e. The van der Waals surface area contributed by atoms with E-state index < -0.39 is 5.41 Å². The molecule has 0 aromatic heterocycles. The van der Waals surface area contributed by atoms with Crippen LogP contribution in [0.3, 0.4) is 0 Å². The van der Waals surface area contributed by atoms with Crippen LogP contribution in [0.15, 0.2) is 200 Å². The maximum atomic E-state index is 6.62. The van der Waals surface area contributed by atoms with Crippen molar-refractivity contribution in [3.8, 4) is 33.8 Å². The lowest BCUT2D eigenvalue weighted by atomic mass is 9.66. The van der Waals surface area contributed by atoms with Crippen molar-refractivity contribution in [2.24, 2.45) is 0 Å². The molecule has 1 aliphatic heterocycles. The first-order valence-corrected chi connectivity index (χ1v) is 19.3. The van der Waals surface area contributed by atoms with Gasteiger partial charge < -0.3 is 9.64 Å². The van der Waals surface area contributed by atoms with Gasteiger partial charge in [-0.1, -0.05) is 166 Å². The van der Waals surface area contributed by atoms with Gasteiger partial charge in [0, 0.05) is 28.2 Å². The minimum absolute atomic E-state index is 0.543. The zero-order valence-corrected chi connectivity index (χ0v) is 30.9. The number of benzene rings is 9. The van der Waals surface area contributed by atoms with Crippen LogP contribution in [0.1, 0.15) is 36.1 Å². The maximum Gasteiger partial charge on any atom is 0.132 e. The van der Waals surface area contributed by atoms with Crippen LogP contribution < -0.4 is 9.64 Å². The number of ether oxygens (including phenoxy) is 1. The number of para-hydroxylation sites is 2. The second-order valence-electron chi connectivity index (χ2n) is 14.1. The molecule has 1 heterocycles. The monoisotopic (exact) mass is 705 g/mol. The van der Waals surface area contributed by atoms with E-state index in [1.165, 1.54) is 66.1 Å². The summed E-state index contributed by atoms with van der Waals surface area (Å²) < 4.78 is 6.62. The topological polar surface area (TPSA) is 12.5 Å². The van der Waals surface area contributed by atoms with E-state index in [4.69, 9.17) is 4.74 Å². The fourth-order valence-corrected chi connectivity index (χ4v) is 9.00. The van der Waals surface area contributed by atoms with Gasteiger partial charge in [-0.3, -0.25) is 0 Å². The number of fused-ring (bicyclic) bond motifs is 12. The predicted molar refractivity (Wildman–Crippen MR) is 230 cm³/mol. The fourth-order valence-electron chi connectivity index (χ4n) is 9.00. The number of hydrogen-bond donors (Lipinski definition) is 0. The molecule has 0 unspecified atom stereocenters. The van der Waals surface area contributed by atoms with Gasteiger partial charge >= 0.3 is 0 Å². The smallest absolute Gasteiger partial charge is 0.132 e. The predicted octanol–water partition coefficient (Wildman–Crippen LogP) is 14.6. The zero-order chi connectivity index (χ0) is 36.9. The van der Waals surface area contributed by atoms with Gasteiger partial charge in [0.1, 0.15) is 11.5 Å². The van der Waals surface area contributed by atoms with Crippen LogP contribution in [0.4, 0.5) is 17.1 Å². The van der Waals surface area contributed by atoms with Crippen molar-refractivity contribution >= 4 is 38.6 Å². The van der Waals surface area contributed by atoms with E-state index in [1.807, 2.05) is 13.8 Å². The van der Waals surface area contributed by atoms with E-state index in [0.717, 1.165) is 28.6 Å². The van der Waals surface area contributed by atoms with Gasteiger partial charge in [0.25, 0.3) is 0 Å². The first-order valence-electron chi connectivity index (χ1n) is 19.3. The summed E-state index contributed by atoms with van der Waals surface area (Å²) in [6.07, 6.45) is 0. The van der Waals surface area contributed by atoms with Crippen LogP contribution in [-0.4, -0.2) is 0 Å². The molecule has 1 spiro atoms. The summed E-state index contributed by atoms with van der Waals surface area (Å²) in [5, 5.41) is 4.99. The van der Waals surface area contributed by atoms with Crippen molar-refractivity contribution in [2.45, 2.75) is 19.3 Å². The molecule has 0 N–H and O–H groups in total. The Balaban J connectivity index is 0.00000183. The Bertz CT molecular complexity index is 2830. The number of rotatable bonds is 4. The lowest BCUT2D eigenvalue weighted by Gasteiger charge is -2.39. The second kappa shape index (κ2) is 13.2. The van der Waals surface area contributed by atoms with Crippen molar-refractivity contribution in [1.29, 1.82) is 0 Å². The zero-order valence-electron chi connectivity index (χ0n) is 30.9.